The van der Waals surface area contributed by atoms with E-state index in [9.17, 15) is 14.4 Å². The summed E-state index contributed by atoms with van der Waals surface area (Å²) in [6.45, 7) is 5.56. The molecule has 0 radical (unpaired) electrons. The van der Waals surface area contributed by atoms with Crippen molar-refractivity contribution in [1.29, 1.82) is 0 Å². The van der Waals surface area contributed by atoms with Crippen LogP contribution in [0.15, 0.2) is 102 Å². The molecular formula is C56H72N12O8S. The number of thioether (sulfide) groups is 1. The summed E-state index contributed by atoms with van der Waals surface area (Å²) in [6, 6.07) is 27.2. The van der Waals surface area contributed by atoms with Crippen molar-refractivity contribution in [3.63, 3.8) is 0 Å². The van der Waals surface area contributed by atoms with E-state index in [-0.39, 0.29) is 41.4 Å². The molecule has 2 aliphatic rings. The first-order valence-electron chi connectivity index (χ1n) is 25.3. The molecule has 21 heteroatoms. The maximum Gasteiger partial charge on any atom is 0.407 e. The van der Waals surface area contributed by atoms with Crippen molar-refractivity contribution >= 4 is 58.6 Å². The van der Waals surface area contributed by atoms with Crippen molar-refractivity contribution in [2.75, 3.05) is 50.6 Å². The molecule has 2 saturated carbocycles. The first kappa shape index (κ1) is 58.4. The second-order valence-electron chi connectivity index (χ2n) is 19.3. The van der Waals surface area contributed by atoms with Crippen LogP contribution in [0.2, 0.25) is 0 Å². The van der Waals surface area contributed by atoms with Crippen LogP contribution in [-0.2, 0) is 4.74 Å². The van der Waals surface area contributed by atoms with Gasteiger partial charge in [-0.05, 0) is 123 Å². The van der Waals surface area contributed by atoms with Gasteiger partial charge >= 0.3 is 6.09 Å². The Balaban J connectivity index is 0.000000201. The number of methoxy groups -OCH3 is 4. The molecule has 2 heterocycles. The fourth-order valence-electron chi connectivity index (χ4n) is 8.63. The van der Waals surface area contributed by atoms with E-state index in [2.05, 4.69) is 41.2 Å². The minimum atomic E-state index is -0.612. The summed E-state index contributed by atoms with van der Waals surface area (Å²) in [7, 11) is 6.41. The Morgan fingerprint density at radius 3 is 1.49 bits per heavy atom. The molecule has 12 N–H and O–H groups in total. The summed E-state index contributed by atoms with van der Waals surface area (Å²) in [6.07, 6.45) is 12.8. The van der Waals surface area contributed by atoms with Gasteiger partial charge in [0.15, 0.2) is 28.2 Å². The van der Waals surface area contributed by atoms with Gasteiger partial charge in [0.25, 0.3) is 11.8 Å². The van der Waals surface area contributed by atoms with Crippen molar-refractivity contribution in [3.8, 4) is 45.3 Å². The Morgan fingerprint density at radius 1 is 0.584 bits per heavy atom. The largest absolute Gasteiger partial charge is 0.493 e. The minimum absolute atomic E-state index is 0.0442. The first-order valence-corrected chi connectivity index (χ1v) is 26.5. The lowest BCUT2D eigenvalue weighted by Crippen LogP contribution is -2.50. The van der Waals surface area contributed by atoms with E-state index >= 15 is 0 Å². The van der Waals surface area contributed by atoms with Crippen LogP contribution in [-0.4, -0.2) is 102 Å². The van der Waals surface area contributed by atoms with Crippen molar-refractivity contribution in [3.05, 3.63) is 108 Å². The number of aromatic nitrogens is 4. The second-order valence-corrected chi connectivity index (χ2v) is 20.0. The second kappa shape index (κ2) is 27.8. The van der Waals surface area contributed by atoms with Gasteiger partial charge in [0.05, 0.1) is 28.4 Å². The number of carbonyl (C=O) groups is 3. The van der Waals surface area contributed by atoms with E-state index in [0.29, 0.717) is 45.7 Å². The van der Waals surface area contributed by atoms with Gasteiger partial charge in [-0.25, -0.2) is 19.7 Å². The summed E-state index contributed by atoms with van der Waals surface area (Å²) in [5.41, 5.74) is 28.5. The van der Waals surface area contributed by atoms with Gasteiger partial charge in [0.1, 0.15) is 28.4 Å². The minimum Gasteiger partial charge on any atom is -0.493 e. The molecule has 2 aromatic heterocycles. The average Bonchev–Trinajstić information content (AvgIpc) is 3.42. The maximum absolute atomic E-state index is 12.0. The summed E-state index contributed by atoms with van der Waals surface area (Å²) in [5, 5.41) is 13.1. The molecule has 0 spiro atoms. The molecule has 0 unspecified atom stereocenters. The Morgan fingerprint density at radius 2 is 1.04 bits per heavy atom. The molecule has 410 valence electrons. The van der Waals surface area contributed by atoms with Gasteiger partial charge in [-0.2, -0.15) is 4.98 Å². The number of carbonyl (C=O) groups excluding carboxylic acids is 3. The van der Waals surface area contributed by atoms with Gasteiger partial charge in [-0.1, -0.05) is 73.8 Å². The third-order valence-electron chi connectivity index (χ3n) is 12.6. The highest BCUT2D eigenvalue weighted by molar-refractivity contribution is 7.98. The van der Waals surface area contributed by atoms with Crippen LogP contribution in [0.3, 0.4) is 0 Å². The van der Waals surface area contributed by atoms with Crippen molar-refractivity contribution in [1.82, 2.24) is 25.3 Å². The SMILES string of the molecule is CC(C)(C)OC(=O)N[C@H]1CCCC[C@H]1N.COc1ccc(-c2cccc(Nc3nc(N[C@@H]4CCCC[C@@H]4N)ncc3C(N)=O)c2)cc1OC.COc1ccc(-c2cccc(Nc3nc(SC)ncc3C(N)=O)c2)cc1OC. The number of ether oxygens (including phenoxy) is 5. The van der Waals surface area contributed by atoms with Crippen molar-refractivity contribution in [2.24, 2.45) is 22.9 Å². The fraction of sp³-hybridized carbons (Fsp3) is 0.375. The van der Waals surface area contributed by atoms with Crippen LogP contribution in [0.5, 0.6) is 23.0 Å². The molecular weight excluding hydrogens is 1000 g/mol. The highest BCUT2D eigenvalue weighted by Crippen LogP contribution is 2.36. The van der Waals surface area contributed by atoms with Crippen molar-refractivity contribution in [2.45, 2.75) is 107 Å². The molecule has 4 atom stereocenters. The number of hydrogen-bond acceptors (Lipinski definition) is 18. The molecule has 2 aliphatic carbocycles. The van der Waals surface area contributed by atoms with Crippen LogP contribution in [0.4, 0.5) is 33.8 Å². The molecule has 2 fully saturated rings. The Kier molecular flexibility index (Phi) is 21.1. The number of nitrogens with two attached hydrogens (primary N) is 4. The number of nitrogens with zero attached hydrogens (tertiary/aromatic N) is 4. The Bertz CT molecular complexity index is 2960. The van der Waals surface area contributed by atoms with Gasteiger partial charge in [-0.3, -0.25) is 9.59 Å². The van der Waals surface area contributed by atoms with Crippen LogP contribution in [0, 0.1) is 0 Å². The monoisotopic (exact) mass is 1070 g/mol. The van der Waals surface area contributed by atoms with Crippen LogP contribution < -0.4 is 63.1 Å². The third-order valence-corrected chi connectivity index (χ3v) is 13.2. The van der Waals surface area contributed by atoms with Crippen LogP contribution in [0.1, 0.15) is 92.9 Å². The summed E-state index contributed by atoms with van der Waals surface area (Å²) < 4.78 is 26.6. The number of alkyl carbamates (subject to hydrolysis) is 1. The molecule has 77 heavy (non-hydrogen) atoms. The third kappa shape index (κ3) is 16.8. The Hall–Kier alpha value is -7.88. The van der Waals surface area contributed by atoms with Crippen LogP contribution >= 0.6 is 11.8 Å². The summed E-state index contributed by atoms with van der Waals surface area (Å²) >= 11 is 1.38. The molecule has 3 amide bonds. The van der Waals surface area contributed by atoms with E-state index < -0.39 is 17.4 Å². The highest BCUT2D eigenvalue weighted by Gasteiger charge is 2.26. The van der Waals surface area contributed by atoms with Gasteiger partial charge in [0, 0.05) is 47.9 Å². The molecule has 0 saturated heterocycles. The zero-order valence-corrected chi connectivity index (χ0v) is 45.8. The Labute approximate surface area is 454 Å². The number of primary amides is 2. The van der Waals surface area contributed by atoms with Gasteiger partial charge in [0.2, 0.25) is 5.95 Å². The summed E-state index contributed by atoms with van der Waals surface area (Å²) in [4.78, 5) is 52.5. The maximum atomic E-state index is 12.0. The molecule has 8 rings (SSSR count). The summed E-state index contributed by atoms with van der Waals surface area (Å²) in [5.74, 6) is 2.52. The number of nitrogens with one attached hydrogen (secondary N) is 4. The van der Waals surface area contributed by atoms with E-state index in [1.165, 1.54) is 24.2 Å². The zero-order chi connectivity index (χ0) is 55.6. The molecule has 0 aliphatic heterocycles. The van der Waals surface area contributed by atoms with E-state index in [1.54, 1.807) is 28.4 Å². The molecule has 4 aromatic carbocycles. The normalized spacial score (nSPS) is 16.9. The quantitative estimate of drug-likeness (QED) is 0.0331. The predicted molar refractivity (Wildman–Crippen MR) is 303 cm³/mol. The number of amides is 3. The molecule has 6 aromatic rings. The topological polar surface area (TPSA) is 301 Å². The lowest BCUT2D eigenvalue weighted by molar-refractivity contribution is 0.0485. The number of hydrogen-bond donors (Lipinski definition) is 8. The smallest absolute Gasteiger partial charge is 0.407 e. The lowest BCUT2D eigenvalue weighted by atomic mass is 9.91. The highest BCUT2D eigenvalue weighted by atomic mass is 32.2. The first-order chi connectivity index (χ1) is 36.9. The average molecular weight is 1070 g/mol. The predicted octanol–water partition coefficient (Wildman–Crippen LogP) is 9.19. The lowest BCUT2D eigenvalue weighted by Gasteiger charge is -2.30. The fourth-order valence-corrected chi connectivity index (χ4v) is 8.97. The standard InChI is InChI=1S/C25H30N6O3.C20H20N4O3S.C11H22N2O2/c1-33-21-11-10-16(13-22(21)34-2)15-6-5-7-17(12-15)29-24-18(23(27)32)14-28-25(31-24)30-20-9-4-3-8-19(20)26;1-26-16-8-7-13(10-17(16)27-2)12-5-4-6-14(9-12)23-19-15(18(21)25)11-22-20(24-19)28-3;1-11(2,3)15-10(14)13-9-7-5-4-6-8(9)12/h5-7,10-14,19-20H,3-4,8-9,26H2,1-2H3,(H2,27,32)(H2,28,29,30,31);4-11H,1-3H3,(H2,21,25)(H,22,23,24);8-9H,4-7,12H2,1-3H3,(H,13,14)/t19-,20+;;8-,9+/m0.1/s1. The molecule has 0 bridgehead atoms. The number of benzene rings is 4. The van der Waals surface area contributed by atoms with E-state index in [4.69, 9.17) is 46.6 Å². The zero-order valence-electron chi connectivity index (χ0n) is 45.0. The van der Waals surface area contributed by atoms with Gasteiger partial charge < -0.3 is 67.9 Å². The van der Waals surface area contributed by atoms with E-state index in [0.717, 1.165) is 85.0 Å². The number of rotatable bonds is 16. The van der Waals surface area contributed by atoms with Crippen molar-refractivity contribution < 1.29 is 38.1 Å². The number of anilines is 5. The van der Waals surface area contributed by atoms with Gasteiger partial charge in [-0.15, -0.1) is 0 Å². The van der Waals surface area contributed by atoms with E-state index in [1.807, 2.05) is 112 Å². The van der Waals surface area contributed by atoms with Crippen LogP contribution in [0.25, 0.3) is 22.3 Å². The molecule has 20 nitrogen and oxygen atoms in total.